The minimum atomic E-state index is -0.107. The number of carbonyl (C=O) groups is 2. The second kappa shape index (κ2) is 11.8. The number of piperidine rings is 1. The number of amides is 2. The van der Waals surface area contributed by atoms with Crippen LogP contribution in [0, 0.1) is 0 Å². The molecule has 166 valence electrons. The average molecular weight is 418 g/mol. The van der Waals surface area contributed by atoms with E-state index in [-0.39, 0.29) is 18.4 Å². The molecule has 0 saturated carbocycles. The van der Waals surface area contributed by atoms with Gasteiger partial charge in [0, 0.05) is 12.1 Å². The lowest BCUT2D eigenvalue weighted by Gasteiger charge is -2.30. The average Bonchev–Trinajstić information content (AvgIpc) is 2.76. The van der Waals surface area contributed by atoms with Gasteiger partial charge in [-0.1, -0.05) is 18.6 Å². The lowest BCUT2D eigenvalue weighted by atomic mass is 10.1. The van der Waals surface area contributed by atoms with Crippen LogP contribution in [0.4, 0.5) is 0 Å². The first-order valence-corrected chi connectivity index (χ1v) is 11.3. The maximum Gasteiger partial charge on any atom is 0.239 e. The molecule has 0 unspecified atom stereocenters. The lowest BCUT2D eigenvalue weighted by molar-refractivity contribution is -0.137. The van der Waals surface area contributed by atoms with E-state index in [2.05, 4.69) is 10.2 Å². The normalized spacial score (nSPS) is 19.4. The molecule has 1 fully saturated rings. The molecule has 1 aromatic carbocycles. The quantitative estimate of drug-likeness (QED) is 0.815. The molecule has 0 radical (unpaired) electrons. The van der Waals surface area contributed by atoms with Crippen LogP contribution in [0.2, 0.25) is 0 Å². The summed E-state index contributed by atoms with van der Waals surface area (Å²) in [5.41, 5.74) is 0.875. The van der Waals surface area contributed by atoms with E-state index in [0.717, 1.165) is 50.8 Å². The van der Waals surface area contributed by atoms with Crippen LogP contribution in [0.25, 0.3) is 0 Å². The Balaban J connectivity index is 1.82. The highest BCUT2D eigenvalue weighted by Gasteiger charge is 2.23. The Morgan fingerprint density at radius 1 is 1.10 bits per heavy atom. The number of benzene rings is 1. The Morgan fingerprint density at radius 2 is 1.90 bits per heavy atom. The van der Waals surface area contributed by atoms with Crippen LogP contribution >= 0.6 is 0 Å². The summed E-state index contributed by atoms with van der Waals surface area (Å²) in [5, 5.41) is 2.95. The van der Waals surface area contributed by atoms with Crippen molar-refractivity contribution >= 4 is 11.8 Å². The molecule has 2 amide bonds. The maximum atomic E-state index is 13.1. The van der Waals surface area contributed by atoms with E-state index in [0.29, 0.717) is 44.3 Å². The largest absolute Gasteiger partial charge is 0.490 e. The van der Waals surface area contributed by atoms with E-state index >= 15 is 0 Å². The van der Waals surface area contributed by atoms with Gasteiger partial charge in [-0.25, -0.2) is 0 Å². The number of hydrogen-bond acceptors (Lipinski definition) is 5. The van der Waals surface area contributed by atoms with E-state index in [1.807, 2.05) is 25.1 Å². The first kappa shape index (κ1) is 22.4. The zero-order chi connectivity index (χ0) is 21.2. The van der Waals surface area contributed by atoms with Gasteiger partial charge in [-0.3, -0.25) is 14.5 Å². The van der Waals surface area contributed by atoms with Gasteiger partial charge in [0.05, 0.1) is 32.8 Å². The molecule has 2 heterocycles. The van der Waals surface area contributed by atoms with Gasteiger partial charge in [0.2, 0.25) is 11.8 Å². The lowest BCUT2D eigenvalue weighted by Crippen LogP contribution is -2.46. The number of nitrogens with zero attached hydrogens (tertiary/aromatic N) is 2. The number of fused-ring (bicyclic) bond motifs is 1. The van der Waals surface area contributed by atoms with Crippen molar-refractivity contribution < 1.29 is 19.1 Å². The molecule has 1 aromatic rings. The third-order valence-electron chi connectivity index (χ3n) is 5.61. The highest BCUT2D eigenvalue weighted by molar-refractivity contribution is 5.85. The summed E-state index contributed by atoms with van der Waals surface area (Å²) >= 11 is 0. The Bertz CT molecular complexity index is 704. The van der Waals surface area contributed by atoms with Crippen molar-refractivity contribution in [2.45, 2.75) is 52.0 Å². The van der Waals surface area contributed by atoms with Gasteiger partial charge in [0.15, 0.2) is 11.5 Å². The molecule has 7 heteroatoms. The fourth-order valence-electron chi connectivity index (χ4n) is 4.00. The molecule has 0 spiro atoms. The third-order valence-corrected chi connectivity index (χ3v) is 5.61. The molecule has 1 saturated heterocycles. The van der Waals surface area contributed by atoms with Crippen LogP contribution in [0.15, 0.2) is 18.2 Å². The highest BCUT2D eigenvalue weighted by Crippen LogP contribution is 2.32. The molecule has 7 nitrogen and oxygen atoms in total. The van der Waals surface area contributed by atoms with Crippen molar-refractivity contribution in [2.75, 3.05) is 45.9 Å². The number of hydrogen-bond donors (Lipinski definition) is 1. The summed E-state index contributed by atoms with van der Waals surface area (Å²) in [6.07, 6.45) is 6.26. The summed E-state index contributed by atoms with van der Waals surface area (Å²) in [5.74, 6) is 1.26. The van der Waals surface area contributed by atoms with Crippen LogP contribution in [-0.4, -0.2) is 67.6 Å². The number of likely N-dealkylation sites (tertiary alicyclic amines) is 1. The summed E-state index contributed by atoms with van der Waals surface area (Å²) in [6, 6.07) is 5.77. The monoisotopic (exact) mass is 417 g/mol. The van der Waals surface area contributed by atoms with Crippen LogP contribution in [0.5, 0.6) is 11.5 Å². The Morgan fingerprint density at radius 3 is 2.70 bits per heavy atom. The van der Waals surface area contributed by atoms with Crippen molar-refractivity contribution in [3.8, 4) is 11.5 Å². The molecule has 0 aliphatic carbocycles. The van der Waals surface area contributed by atoms with E-state index in [1.165, 1.54) is 6.42 Å². The van der Waals surface area contributed by atoms with Gasteiger partial charge >= 0.3 is 0 Å². The van der Waals surface area contributed by atoms with Crippen LogP contribution in [0.1, 0.15) is 51.0 Å². The molecule has 0 aromatic heterocycles. The number of nitrogens with one attached hydrogen (secondary N) is 1. The van der Waals surface area contributed by atoms with Crippen molar-refractivity contribution in [1.29, 1.82) is 0 Å². The second-order valence-electron chi connectivity index (χ2n) is 8.02. The zero-order valence-electron chi connectivity index (χ0n) is 18.2. The smallest absolute Gasteiger partial charge is 0.239 e. The minimum Gasteiger partial charge on any atom is -0.490 e. The maximum absolute atomic E-state index is 13.1. The first-order chi connectivity index (χ1) is 14.7. The molecule has 3 rings (SSSR count). The predicted molar refractivity (Wildman–Crippen MR) is 116 cm³/mol. The molecule has 2 aliphatic rings. The van der Waals surface area contributed by atoms with Crippen molar-refractivity contribution in [2.24, 2.45) is 0 Å². The summed E-state index contributed by atoms with van der Waals surface area (Å²) in [6.45, 7) is 6.34. The van der Waals surface area contributed by atoms with Crippen LogP contribution in [-0.2, 0) is 16.1 Å². The molecule has 1 N–H and O–H groups in total. The van der Waals surface area contributed by atoms with Gasteiger partial charge < -0.3 is 19.7 Å². The van der Waals surface area contributed by atoms with Gasteiger partial charge in [-0.2, -0.15) is 0 Å². The Labute approximate surface area is 179 Å². The van der Waals surface area contributed by atoms with Crippen LogP contribution in [0.3, 0.4) is 0 Å². The fraction of sp³-hybridized carbons (Fsp3) is 0.652. The third kappa shape index (κ3) is 6.62. The minimum absolute atomic E-state index is 0.0188. The molecular weight excluding hydrogens is 382 g/mol. The van der Waals surface area contributed by atoms with E-state index < -0.39 is 0 Å². The van der Waals surface area contributed by atoms with Crippen molar-refractivity contribution in [1.82, 2.24) is 15.1 Å². The van der Waals surface area contributed by atoms with Gasteiger partial charge in [0.1, 0.15) is 0 Å². The Hall–Kier alpha value is -2.28. The summed E-state index contributed by atoms with van der Waals surface area (Å²) in [4.78, 5) is 29.5. The van der Waals surface area contributed by atoms with E-state index in [1.54, 1.807) is 4.90 Å². The molecular formula is C23H35N3O4. The topological polar surface area (TPSA) is 71.1 Å². The van der Waals surface area contributed by atoms with Crippen molar-refractivity contribution in [3.05, 3.63) is 23.8 Å². The molecule has 0 bridgehead atoms. The van der Waals surface area contributed by atoms with Gasteiger partial charge in [-0.05, 0) is 58.2 Å². The second-order valence-corrected chi connectivity index (χ2v) is 8.02. The fourth-order valence-corrected chi connectivity index (χ4v) is 4.00. The number of ether oxygens (including phenoxy) is 2. The Kier molecular flexibility index (Phi) is 8.81. The van der Waals surface area contributed by atoms with E-state index in [4.69, 9.17) is 9.47 Å². The van der Waals surface area contributed by atoms with Crippen LogP contribution < -0.4 is 14.8 Å². The zero-order valence-corrected chi connectivity index (χ0v) is 18.2. The molecule has 0 atom stereocenters. The van der Waals surface area contributed by atoms with E-state index in [9.17, 15) is 9.59 Å². The summed E-state index contributed by atoms with van der Waals surface area (Å²) < 4.78 is 11.9. The SMILES string of the molecule is CCOc1cccc2c1OCCCCCNC(=O)CN(C(=O)CN1CCCCC1)C2. The van der Waals surface area contributed by atoms with Gasteiger partial charge in [0.25, 0.3) is 0 Å². The number of rotatable bonds is 4. The molecule has 2 aliphatic heterocycles. The van der Waals surface area contributed by atoms with Gasteiger partial charge in [-0.15, -0.1) is 0 Å². The highest BCUT2D eigenvalue weighted by atomic mass is 16.5. The summed E-state index contributed by atoms with van der Waals surface area (Å²) in [7, 11) is 0. The first-order valence-electron chi connectivity index (χ1n) is 11.3. The molecule has 30 heavy (non-hydrogen) atoms. The number of para-hydroxylation sites is 1. The predicted octanol–water partition coefficient (Wildman–Crippen LogP) is 2.58. The standard InChI is InChI=1S/C23H35N3O4/c1-2-29-20-11-9-10-19-16-26(22(28)18-25-13-6-4-7-14-25)17-21(27)24-12-5-3-8-15-30-23(19)20/h9-11H,2-8,12-18H2,1H3,(H,24,27). The van der Waals surface area contributed by atoms with Crippen molar-refractivity contribution in [3.63, 3.8) is 0 Å². The number of carbonyl (C=O) groups excluding carboxylic acids is 2.